The number of halogens is 2. The molecular formula is C31H34Cl2N14O4. The Labute approximate surface area is 300 Å². The molecule has 4 aromatic rings. The van der Waals surface area contributed by atoms with E-state index in [1.54, 1.807) is 36.4 Å². The number of rotatable bonds is 13. The van der Waals surface area contributed by atoms with E-state index >= 15 is 0 Å². The monoisotopic (exact) mass is 736 g/mol. The highest BCUT2D eigenvalue weighted by Gasteiger charge is 2.18. The molecule has 20 heteroatoms. The Morgan fingerprint density at radius 2 is 1.00 bits per heavy atom. The summed E-state index contributed by atoms with van der Waals surface area (Å²) >= 11 is 11.6. The zero-order chi connectivity index (χ0) is 37.2. The van der Waals surface area contributed by atoms with Gasteiger partial charge in [0.2, 0.25) is 0 Å². The molecule has 0 unspecified atom stereocenters. The fraction of sp³-hybridized carbons (Fsp3) is 0.226. The van der Waals surface area contributed by atoms with Crippen molar-refractivity contribution in [3.63, 3.8) is 0 Å². The first-order valence-corrected chi connectivity index (χ1v) is 16.0. The summed E-state index contributed by atoms with van der Waals surface area (Å²) in [6, 6.07) is 10.5. The number of benzene rings is 2. The number of nitrogens with zero attached hydrogens (tertiary/aromatic N) is 6. The number of nitrogens with one attached hydrogen (secondary N) is 2. The third kappa shape index (κ3) is 10.2. The Bertz CT molecular complexity index is 2070. The van der Waals surface area contributed by atoms with Gasteiger partial charge in [-0.15, -0.1) is 0 Å². The van der Waals surface area contributed by atoms with E-state index in [1.807, 2.05) is 0 Å². The van der Waals surface area contributed by atoms with Crippen molar-refractivity contribution in [3.8, 4) is 0 Å². The standard InChI is InChI=1S/C31H34Cl2N14O4/c32-22-26(36)44-24(34)20(42-22)28(50)46-30(38)40-10-2-1-4-18(48)16-8-6-15-13-17(9-7-14(15)12-16)19(49)5-3-11-41-31(39)47-29(51)21-25(35)45-27(37)23(33)43-21/h6-9,12-13H,1-5,10-11H2,(H4,34,36,44)(H4,35,37,45)(H3,38,40,46,50)(H3,39,41,47,51). The van der Waals surface area contributed by atoms with Crippen LogP contribution in [0.15, 0.2) is 46.4 Å². The number of fused-ring (bicyclic) bond motifs is 1. The molecule has 0 fully saturated rings. The molecule has 0 spiro atoms. The molecule has 18 nitrogen and oxygen atoms in total. The van der Waals surface area contributed by atoms with E-state index in [9.17, 15) is 19.2 Å². The molecule has 0 saturated carbocycles. The van der Waals surface area contributed by atoms with Crippen LogP contribution in [0.5, 0.6) is 0 Å². The second-order valence-electron chi connectivity index (χ2n) is 10.9. The van der Waals surface area contributed by atoms with Crippen molar-refractivity contribution in [3.05, 3.63) is 69.2 Å². The van der Waals surface area contributed by atoms with Gasteiger partial charge >= 0.3 is 0 Å². The van der Waals surface area contributed by atoms with Gasteiger partial charge in [0.1, 0.15) is 0 Å². The number of Topliss-reactive ketones (excluding diaryl/α,β-unsaturated/α-hetero) is 2. The predicted molar refractivity (Wildman–Crippen MR) is 195 cm³/mol. The fourth-order valence-corrected chi connectivity index (χ4v) is 4.82. The van der Waals surface area contributed by atoms with Crippen molar-refractivity contribution in [1.29, 1.82) is 0 Å². The number of carbonyl (C=O) groups is 4. The summed E-state index contributed by atoms with van der Waals surface area (Å²) in [5, 5.41) is 5.94. The third-order valence-corrected chi connectivity index (χ3v) is 7.70. The van der Waals surface area contributed by atoms with Gasteiger partial charge in [0.15, 0.2) is 68.5 Å². The maximum Gasteiger partial charge on any atom is 0.280 e. The number of aliphatic imine (C=N–C) groups is 2. The zero-order valence-corrected chi connectivity index (χ0v) is 28.5. The van der Waals surface area contributed by atoms with E-state index in [4.69, 9.17) is 57.6 Å². The molecule has 2 heterocycles. The number of unbranched alkanes of at least 4 members (excludes halogenated alkanes) is 1. The Hall–Kier alpha value is -6.14. The first-order chi connectivity index (χ1) is 24.2. The number of ketones is 2. The molecule has 4 rings (SSSR count). The minimum Gasteiger partial charge on any atom is -0.382 e. The average Bonchev–Trinajstić information content (AvgIpc) is 3.08. The van der Waals surface area contributed by atoms with Crippen LogP contribution in [0.1, 0.15) is 73.8 Å². The predicted octanol–water partition coefficient (Wildman–Crippen LogP) is 1.86. The first-order valence-electron chi connectivity index (χ1n) is 15.2. The molecule has 2 aromatic carbocycles. The highest BCUT2D eigenvalue weighted by Crippen LogP contribution is 2.21. The number of hydrogen-bond acceptors (Lipinski definition) is 14. The molecular weight excluding hydrogens is 703 g/mol. The third-order valence-electron chi connectivity index (χ3n) is 7.15. The van der Waals surface area contributed by atoms with Gasteiger partial charge < -0.3 is 34.4 Å². The lowest BCUT2D eigenvalue weighted by Crippen LogP contribution is -2.38. The lowest BCUT2D eigenvalue weighted by Gasteiger charge is -2.08. The molecule has 0 radical (unpaired) electrons. The molecule has 0 aliphatic heterocycles. The first kappa shape index (κ1) is 37.7. The van der Waals surface area contributed by atoms with Gasteiger partial charge in [0.25, 0.3) is 11.8 Å². The topological polar surface area (TPSA) is 325 Å². The molecule has 0 bridgehead atoms. The molecule has 0 aliphatic rings. The molecule has 266 valence electrons. The number of amides is 2. The molecule has 0 aliphatic carbocycles. The van der Waals surface area contributed by atoms with Crippen LogP contribution in [0, 0.1) is 0 Å². The minimum absolute atomic E-state index is 0.0544. The van der Waals surface area contributed by atoms with Crippen molar-refractivity contribution in [2.45, 2.75) is 32.1 Å². The van der Waals surface area contributed by atoms with E-state index < -0.39 is 11.8 Å². The molecule has 0 saturated heterocycles. The Balaban J connectivity index is 1.21. The Morgan fingerprint density at radius 3 is 1.45 bits per heavy atom. The van der Waals surface area contributed by atoms with E-state index in [0.29, 0.717) is 30.4 Å². The highest BCUT2D eigenvalue weighted by molar-refractivity contribution is 6.32. The van der Waals surface area contributed by atoms with E-state index in [0.717, 1.165) is 10.8 Å². The van der Waals surface area contributed by atoms with Crippen LogP contribution in [0.25, 0.3) is 10.8 Å². The minimum atomic E-state index is -0.763. The van der Waals surface area contributed by atoms with Crippen LogP contribution in [0.4, 0.5) is 23.3 Å². The SMILES string of the molecule is NC(=NCCCCC(=O)c1ccc2cc(C(=O)CCCN=C(N)NC(=O)c3nc(Cl)c(N)nc3N)ccc2c1)NC(=O)c1nc(Cl)c(N)nc1N. The second kappa shape index (κ2) is 17.0. The summed E-state index contributed by atoms with van der Waals surface area (Å²) < 4.78 is 0. The molecule has 0 atom stereocenters. The van der Waals surface area contributed by atoms with Gasteiger partial charge in [-0.05, 0) is 42.2 Å². The second-order valence-corrected chi connectivity index (χ2v) is 11.6. The van der Waals surface area contributed by atoms with E-state index in [-0.39, 0.29) is 94.4 Å². The molecule has 14 N–H and O–H groups in total. The maximum atomic E-state index is 12.8. The quantitative estimate of drug-likeness (QED) is 0.0420. The molecule has 2 aromatic heterocycles. The lowest BCUT2D eigenvalue weighted by atomic mass is 9.98. The number of aromatic nitrogens is 4. The normalized spacial score (nSPS) is 11.7. The van der Waals surface area contributed by atoms with Crippen LogP contribution in [0.2, 0.25) is 10.3 Å². The van der Waals surface area contributed by atoms with E-state index in [2.05, 4.69) is 40.6 Å². The Morgan fingerprint density at radius 1 is 0.588 bits per heavy atom. The number of guanidine groups is 2. The zero-order valence-electron chi connectivity index (χ0n) is 27.0. The summed E-state index contributed by atoms with van der Waals surface area (Å²) in [5.74, 6) is -2.67. The summed E-state index contributed by atoms with van der Waals surface area (Å²) in [7, 11) is 0. The van der Waals surface area contributed by atoms with Gasteiger partial charge in [-0.3, -0.25) is 39.8 Å². The lowest BCUT2D eigenvalue weighted by molar-refractivity contribution is 0.0963. The van der Waals surface area contributed by atoms with Crippen molar-refractivity contribution < 1.29 is 19.2 Å². The van der Waals surface area contributed by atoms with Crippen LogP contribution in [-0.4, -0.2) is 68.3 Å². The smallest absolute Gasteiger partial charge is 0.280 e. The average molecular weight is 738 g/mol. The summed E-state index contributed by atoms with van der Waals surface area (Å²) in [6.45, 7) is 0.432. The number of nitrogens with two attached hydrogens (primary N) is 6. The molecule has 2 amide bonds. The number of hydrogen-bond donors (Lipinski definition) is 8. The summed E-state index contributed by atoms with van der Waals surface area (Å²) in [6.07, 6.45) is 1.89. The van der Waals surface area contributed by atoms with Gasteiger partial charge in [-0.2, -0.15) is 0 Å². The van der Waals surface area contributed by atoms with Crippen molar-refractivity contribution >= 4 is 92.5 Å². The van der Waals surface area contributed by atoms with Gasteiger partial charge in [-0.25, -0.2) is 19.9 Å². The van der Waals surface area contributed by atoms with Crippen molar-refractivity contribution in [1.82, 2.24) is 30.6 Å². The van der Waals surface area contributed by atoms with Gasteiger partial charge in [0, 0.05) is 37.1 Å². The van der Waals surface area contributed by atoms with Crippen molar-refractivity contribution in [2.24, 2.45) is 21.5 Å². The Kier molecular flexibility index (Phi) is 12.6. The number of anilines is 4. The highest BCUT2D eigenvalue weighted by atomic mass is 35.5. The van der Waals surface area contributed by atoms with Gasteiger partial charge in [0.05, 0.1) is 0 Å². The summed E-state index contributed by atoms with van der Waals surface area (Å²) in [4.78, 5) is 73.6. The van der Waals surface area contributed by atoms with Crippen molar-refractivity contribution in [2.75, 3.05) is 36.0 Å². The molecule has 51 heavy (non-hydrogen) atoms. The number of carbonyl (C=O) groups excluding carboxylic acids is 4. The van der Waals surface area contributed by atoms with Crippen LogP contribution < -0.4 is 45.0 Å². The summed E-state index contributed by atoms with van der Waals surface area (Å²) in [5.41, 5.74) is 34.5. The maximum absolute atomic E-state index is 12.8. The fourth-order valence-electron chi connectivity index (χ4n) is 4.56. The van der Waals surface area contributed by atoms with Crippen LogP contribution in [0.3, 0.4) is 0 Å². The van der Waals surface area contributed by atoms with E-state index in [1.165, 1.54) is 0 Å². The van der Waals surface area contributed by atoms with Gasteiger partial charge in [-0.1, -0.05) is 47.5 Å². The van der Waals surface area contributed by atoms with Crippen LogP contribution >= 0.6 is 23.2 Å². The number of nitrogen functional groups attached to an aromatic ring is 4. The largest absolute Gasteiger partial charge is 0.382 e. The van der Waals surface area contributed by atoms with Crippen LogP contribution in [-0.2, 0) is 0 Å².